The molecule has 0 unspecified atom stereocenters. The molecular formula is C52H36N4O. The van der Waals surface area contributed by atoms with Gasteiger partial charge in [0.25, 0.3) is 0 Å². The maximum Gasteiger partial charge on any atom is 0.164 e. The molecule has 0 N–H and O–H groups in total. The third-order valence-corrected chi connectivity index (χ3v) is 10.6. The van der Waals surface area contributed by atoms with Gasteiger partial charge in [0.15, 0.2) is 23.2 Å². The summed E-state index contributed by atoms with van der Waals surface area (Å²) in [6.45, 7) is 0. The van der Waals surface area contributed by atoms with E-state index in [2.05, 4.69) is 168 Å². The summed E-state index contributed by atoms with van der Waals surface area (Å²) >= 11 is 0. The van der Waals surface area contributed by atoms with Gasteiger partial charge in [-0.3, -0.25) is 0 Å². The normalized spacial score (nSPS) is 11.2. The molecule has 0 aliphatic carbocycles. The largest absolute Gasteiger partial charge is 0.494 e. The fourth-order valence-corrected chi connectivity index (χ4v) is 7.80. The zero-order chi connectivity index (χ0) is 38.1. The number of methoxy groups -OCH3 is 1. The summed E-state index contributed by atoms with van der Waals surface area (Å²) < 4.78 is 8.60. The van der Waals surface area contributed by atoms with E-state index in [-0.39, 0.29) is 0 Å². The van der Waals surface area contributed by atoms with Crippen molar-refractivity contribution in [3.05, 3.63) is 200 Å². The van der Waals surface area contributed by atoms with E-state index >= 15 is 0 Å². The molecule has 270 valence electrons. The Morgan fingerprint density at radius 1 is 0.351 bits per heavy atom. The fraction of sp³-hybridized carbons (Fsp3) is 0.0192. The topological polar surface area (TPSA) is 52.8 Å². The summed E-state index contributed by atoms with van der Waals surface area (Å²) in [6, 6.07) is 69.5. The number of hydrogen-bond acceptors (Lipinski definition) is 4. The molecule has 2 aromatic heterocycles. The van der Waals surface area contributed by atoms with E-state index in [0.29, 0.717) is 17.5 Å². The van der Waals surface area contributed by atoms with Crippen molar-refractivity contribution in [2.75, 3.05) is 7.11 Å². The molecule has 0 aliphatic heterocycles. The Labute approximate surface area is 331 Å². The van der Waals surface area contributed by atoms with E-state index in [9.17, 15) is 0 Å². The van der Waals surface area contributed by atoms with Crippen molar-refractivity contribution < 1.29 is 4.74 Å². The second kappa shape index (κ2) is 14.5. The Bertz CT molecular complexity index is 3030. The molecule has 0 radical (unpaired) electrons. The highest BCUT2D eigenvalue weighted by Crippen LogP contribution is 2.41. The van der Waals surface area contributed by atoms with Crippen LogP contribution in [0.2, 0.25) is 0 Å². The monoisotopic (exact) mass is 732 g/mol. The van der Waals surface area contributed by atoms with E-state index in [1.165, 1.54) is 21.9 Å². The van der Waals surface area contributed by atoms with Crippen LogP contribution < -0.4 is 4.74 Å². The van der Waals surface area contributed by atoms with E-state index in [1.54, 1.807) is 7.11 Å². The van der Waals surface area contributed by atoms with E-state index in [1.807, 2.05) is 36.4 Å². The number of benzene rings is 8. The van der Waals surface area contributed by atoms with Crippen LogP contribution in [0.3, 0.4) is 0 Å². The average Bonchev–Trinajstić information content (AvgIpc) is 3.63. The zero-order valence-electron chi connectivity index (χ0n) is 31.2. The molecule has 0 fully saturated rings. The Kier molecular flexibility index (Phi) is 8.65. The van der Waals surface area contributed by atoms with Gasteiger partial charge in [0, 0.05) is 33.0 Å². The molecule has 57 heavy (non-hydrogen) atoms. The van der Waals surface area contributed by atoms with Crippen LogP contribution in [0, 0.1) is 0 Å². The van der Waals surface area contributed by atoms with Gasteiger partial charge >= 0.3 is 0 Å². The van der Waals surface area contributed by atoms with Crippen LogP contribution in [-0.2, 0) is 0 Å². The third kappa shape index (κ3) is 6.31. The van der Waals surface area contributed by atoms with Crippen molar-refractivity contribution >= 4 is 21.8 Å². The Morgan fingerprint density at radius 3 is 1.49 bits per heavy atom. The lowest BCUT2D eigenvalue weighted by Crippen LogP contribution is -2.01. The first-order valence-electron chi connectivity index (χ1n) is 19.1. The van der Waals surface area contributed by atoms with Gasteiger partial charge in [-0.15, -0.1) is 0 Å². The smallest absolute Gasteiger partial charge is 0.164 e. The summed E-state index contributed by atoms with van der Waals surface area (Å²) in [4.78, 5) is 15.0. The lowest BCUT2D eigenvalue weighted by Gasteiger charge is -2.17. The molecule has 0 saturated carbocycles. The van der Waals surface area contributed by atoms with Crippen molar-refractivity contribution in [1.29, 1.82) is 0 Å². The molecule has 5 heteroatoms. The summed E-state index contributed by atoms with van der Waals surface area (Å²) in [5, 5.41) is 2.39. The molecule has 10 aromatic rings. The van der Waals surface area contributed by atoms with Crippen LogP contribution in [0.15, 0.2) is 200 Å². The van der Waals surface area contributed by atoms with Gasteiger partial charge < -0.3 is 9.30 Å². The summed E-state index contributed by atoms with van der Waals surface area (Å²) in [5.41, 5.74) is 12.6. The van der Waals surface area contributed by atoms with Crippen LogP contribution >= 0.6 is 0 Å². The van der Waals surface area contributed by atoms with Crippen molar-refractivity contribution in [1.82, 2.24) is 19.5 Å². The van der Waals surface area contributed by atoms with E-state index in [0.717, 1.165) is 61.4 Å². The van der Waals surface area contributed by atoms with Crippen LogP contribution in [-0.4, -0.2) is 26.6 Å². The fourth-order valence-electron chi connectivity index (χ4n) is 7.80. The molecular weight excluding hydrogens is 697 g/mol. The first-order valence-corrected chi connectivity index (χ1v) is 19.1. The van der Waals surface area contributed by atoms with E-state index < -0.39 is 0 Å². The molecule has 0 aliphatic rings. The summed E-state index contributed by atoms with van der Waals surface area (Å²) in [7, 11) is 1.75. The lowest BCUT2D eigenvalue weighted by atomic mass is 10.0. The van der Waals surface area contributed by atoms with Gasteiger partial charge in [-0.2, -0.15) is 0 Å². The maximum atomic E-state index is 6.28. The number of fused-ring (bicyclic) bond motifs is 3. The molecule has 8 aromatic carbocycles. The van der Waals surface area contributed by atoms with Crippen molar-refractivity contribution in [3.8, 4) is 79.0 Å². The Balaban J connectivity index is 1.06. The van der Waals surface area contributed by atoms with Crippen molar-refractivity contribution in [2.45, 2.75) is 0 Å². The predicted octanol–water partition coefficient (Wildman–Crippen LogP) is 13.0. The lowest BCUT2D eigenvalue weighted by molar-refractivity contribution is 0.415. The quantitative estimate of drug-likeness (QED) is 0.156. The van der Waals surface area contributed by atoms with Crippen LogP contribution in [0.1, 0.15) is 0 Å². The van der Waals surface area contributed by atoms with Crippen molar-refractivity contribution in [3.63, 3.8) is 0 Å². The molecule has 0 atom stereocenters. The predicted molar refractivity (Wildman–Crippen MR) is 233 cm³/mol. The molecule has 2 heterocycles. The molecule has 0 amide bonds. The van der Waals surface area contributed by atoms with Crippen LogP contribution in [0.25, 0.3) is 95.0 Å². The second-order valence-corrected chi connectivity index (χ2v) is 14.0. The highest BCUT2D eigenvalue weighted by atomic mass is 16.5. The highest BCUT2D eigenvalue weighted by Gasteiger charge is 2.19. The van der Waals surface area contributed by atoms with Gasteiger partial charge in [0.2, 0.25) is 0 Å². The first-order chi connectivity index (χ1) is 28.2. The number of rotatable bonds is 8. The van der Waals surface area contributed by atoms with Gasteiger partial charge in [-0.05, 0) is 58.1 Å². The SMILES string of the molecule is COc1c(-c2ccc(-c3nc(-c4ccccc4)nc(-c4cccc(-c5ccccc5)c4)n3)cc2)cccc1-n1c2ccccc2c2cc(-c3ccccc3)ccc21. The number of aromatic nitrogens is 4. The minimum atomic E-state index is 0.608. The molecule has 0 spiro atoms. The Hall–Kier alpha value is -7.63. The van der Waals surface area contributed by atoms with E-state index in [4.69, 9.17) is 19.7 Å². The average molecular weight is 733 g/mol. The number of nitrogens with zero attached hydrogens (tertiary/aromatic N) is 4. The van der Waals surface area contributed by atoms with Gasteiger partial charge in [-0.1, -0.05) is 170 Å². The number of para-hydroxylation sites is 2. The molecule has 0 saturated heterocycles. The second-order valence-electron chi connectivity index (χ2n) is 14.0. The van der Waals surface area contributed by atoms with Crippen molar-refractivity contribution in [2.24, 2.45) is 0 Å². The molecule has 0 bridgehead atoms. The Morgan fingerprint density at radius 2 is 0.825 bits per heavy atom. The van der Waals surface area contributed by atoms with Gasteiger partial charge in [0.1, 0.15) is 0 Å². The number of hydrogen-bond donors (Lipinski definition) is 0. The summed E-state index contributed by atoms with van der Waals surface area (Å²) in [5.74, 6) is 2.65. The minimum Gasteiger partial charge on any atom is -0.494 e. The third-order valence-electron chi connectivity index (χ3n) is 10.6. The molecule has 10 rings (SSSR count). The molecule has 5 nitrogen and oxygen atoms in total. The minimum absolute atomic E-state index is 0.608. The van der Waals surface area contributed by atoms with Gasteiger partial charge in [0.05, 0.1) is 23.8 Å². The number of ether oxygens (including phenoxy) is 1. The van der Waals surface area contributed by atoms with Crippen LogP contribution in [0.4, 0.5) is 0 Å². The first kappa shape index (κ1) is 33.9. The van der Waals surface area contributed by atoms with Gasteiger partial charge in [-0.25, -0.2) is 15.0 Å². The zero-order valence-corrected chi connectivity index (χ0v) is 31.2. The van der Waals surface area contributed by atoms with Crippen LogP contribution in [0.5, 0.6) is 5.75 Å². The highest BCUT2D eigenvalue weighted by molar-refractivity contribution is 6.10. The maximum absolute atomic E-state index is 6.28. The standard InChI is InChI=1S/C52H36N4O/c1-57-49-43(24-14-26-48(49)56-46-25-12-11-23-44(46)45-34-41(31-32-47(45)56)36-17-7-3-8-18-36)37-27-29-39(30-28-37)51-53-50(38-19-9-4-10-20-38)54-52(55-51)42-22-13-21-40(33-42)35-15-5-2-6-16-35/h2-34H,1H3. The summed E-state index contributed by atoms with van der Waals surface area (Å²) in [6.07, 6.45) is 0.